The standard InChI is InChI=1S/C44H38F2N2O4S/c1-47(2)53(51,52)40-28-26-37(41(31-9-5-3-6-10-31)42(40)32-11-7-4-8-12-32)29-13-15-33(16-14-29)43-38(25-27-39(49)30-17-19-34(45)20-18-30)44(50)48(43)36-23-21-35(46)22-24-36/h3-24,26,28,38-39,43,49H,25,27H2,1-2H3/t38-,39+,43-/m1/s1. The van der Waals surface area contributed by atoms with Gasteiger partial charge >= 0.3 is 0 Å². The van der Waals surface area contributed by atoms with E-state index in [2.05, 4.69) is 0 Å². The Balaban J connectivity index is 1.30. The minimum absolute atomic E-state index is 0.131. The Labute approximate surface area is 308 Å². The fourth-order valence-corrected chi connectivity index (χ4v) is 8.29. The lowest BCUT2D eigenvalue weighted by Gasteiger charge is -2.48. The van der Waals surface area contributed by atoms with Crippen LogP contribution >= 0.6 is 0 Å². The maximum atomic E-state index is 13.9. The molecule has 1 aliphatic rings. The fraction of sp³-hybridized carbons (Fsp3) is 0.159. The van der Waals surface area contributed by atoms with Crippen LogP contribution in [0.1, 0.15) is 36.1 Å². The lowest BCUT2D eigenvalue weighted by Crippen LogP contribution is -2.55. The molecular formula is C44H38F2N2O4S. The van der Waals surface area contributed by atoms with Crippen LogP contribution in [-0.4, -0.2) is 37.8 Å². The van der Waals surface area contributed by atoms with E-state index in [-0.39, 0.29) is 16.8 Å². The van der Waals surface area contributed by atoms with Crippen LogP contribution in [0.15, 0.2) is 150 Å². The average Bonchev–Trinajstić information content (AvgIpc) is 3.18. The zero-order valence-electron chi connectivity index (χ0n) is 29.2. The first-order chi connectivity index (χ1) is 25.5. The summed E-state index contributed by atoms with van der Waals surface area (Å²) >= 11 is 0. The highest BCUT2D eigenvalue weighted by Gasteiger charge is 2.48. The van der Waals surface area contributed by atoms with E-state index in [1.54, 1.807) is 35.2 Å². The molecule has 6 aromatic carbocycles. The number of β-lactam (4-membered cyclic amide) rings is 1. The zero-order valence-corrected chi connectivity index (χ0v) is 30.0. The van der Waals surface area contributed by atoms with Crippen LogP contribution in [0.3, 0.4) is 0 Å². The van der Waals surface area contributed by atoms with Crippen LogP contribution in [0.25, 0.3) is 33.4 Å². The topological polar surface area (TPSA) is 77.9 Å². The average molecular weight is 729 g/mol. The molecule has 1 fully saturated rings. The molecule has 6 aromatic rings. The zero-order chi connectivity index (χ0) is 37.3. The maximum absolute atomic E-state index is 13.9. The second kappa shape index (κ2) is 14.9. The van der Waals surface area contributed by atoms with Gasteiger partial charge in [0.05, 0.1) is 23.0 Å². The first-order valence-electron chi connectivity index (χ1n) is 17.4. The Bertz CT molecular complexity index is 2340. The highest BCUT2D eigenvalue weighted by molar-refractivity contribution is 7.89. The Morgan fingerprint density at radius 2 is 1.23 bits per heavy atom. The minimum atomic E-state index is -3.84. The molecule has 0 unspecified atom stereocenters. The summed E-state index contributed by atoms with van der Waals surface area (Å²) in [5.74, 6) is -1.39. The SMILES string of the molecule is CN(C)S(=O)(=O)c1ccc(-c2ccc([C@@H]3[C@@H](CC[C@H](O)c4ccc(F)cc4)C(=O)N3c3ccc(F)cc3)cc2)c(-c2ccccc2)c1-c1ccccc1. The molecule has 1 saturated heterocycles. The molecule has 0 bridgehead atoms. The second-order valence-electron chi connectivity index (χ2n) is 13.4. The van der Waals surface area contributed by atoms with Crippen molar-refractivity contribution in [3.8, 4) is 33.4 Å². The van der Waals surface area contributed by atoms with E-state index >= 15 is 0 Å². The number of carbonyl (C=O) groups is 1. The molecule has 1 heterocycles. The van der Waals surface area contributed by atoms with Crippen molar-refractivity contribution in [3.63, 3.8) is 0 Å². The van der Waals surface area contributed by atoms with Gasteiger partial charge in [-0.1, -0.05) is 103 Å². The quantitative estimate of drug-likeness (QED) is 0.135. The van der Waals surface area contributed by atoms with Crippen LogP contribution < -0.4 is 4.90 Å². The number of hydrogen-bond donors (Lipinski definition) is 1. The number of aliphatic hydroxyl groups excluding tert-OH is 1. The predicted octanol–water partition coefficient (Wildman–Crippen LogP) is 9.43. The van der Waals surface area contributed by atoms with E-state index in [1.165, 1.54) is 42.7 Å². The van der Waals surface area contributed by atoms with Crippen LogP contribution in [0.2, 0.25) is 0 Å². The summed E-state index contributed by atoms with van der Waals surface area (Å²) in [6.07, 6.45) is -0.207. The highest BCUT2D eigenvalue weighted by Crippen LogP contribution is 2.48. The summed E-state index contributed by atoms with van der Waals surface area (Å²) in [7, 11) is -0.791. The number of sulfonamides is 1. The van der Waals surface area contributed by atoms with Crippen LogP contribution in [0, 0.1) is 17.6 Å². The summed E-state index contributed by atoms with van der Waals surface area (Å²) in [4.78, 5) is 15.6. The van der Waals surface area contributed by atoms with Gasteiger partial charge in [0.1, 0.15) is 11.6 Å². The predicted molar refractivity (Wildman–Crippen MR) is 204 cm³/mol. The van der Waals surface area contributed by atoms with Crippen LogP contribution in [-0.2, 0) is 14.8 Å². The van der Waals surface area contributed by atoms with Gasteiger partial charge in [0.25, 0.3) is 0 Å². The normalized spacial score (nSPS) is 16.4. The Kier molecular flexibility index (Phi) is 10.1. The van der Waals surface area contributed by atoms with Crippen molar-refractivity contribution in [2.45, 2.75) is 29.9 Å². The number of nitrogens with zero attached hydrogens (tertiary/aromatic N) is 2. The van der Waals surface area contributed by atoms with Crippen molar-refractivity contribution < 1.29 is 27.1 Å². The molecule has 1 amide bonds. The van der Waals surface area contributed by atoms with Crippen molar-refractivity contribution in [2.24, 2.45) is 5.92 Å². The van der Waals surface area contributed by atoms with Crippen molar-refractivity contribution in [2.75, 3.05) is 19.0 Å². The molecular weight excluding hydrogens is 691 g/mol. The summed E-state index contributed by atoms with van der Waals surface area (Å²) in [5, 5.41) is 10.9. The van der Waals surface area contributed by atoms with Crippen molar-refractivity contribution in [3.05, 3.63) is 168 Å². The van der Waals surface area contributed by atoms with Gasteiger partial charge in [-0.2, -0.15) is 0 Å². The highest BCUT2D eigenvalue weighted by atomic mass is 32.2. The monoisotopic (exact) mass is 728 g/mol. The first-order valence-corrected chi connectivity index (χ1v) is 18.8. The molecule has 268 valence electrons. The lowest BCUT2D eigenvalue weighted by atomic mass is 9.77. The van der Waals surface area contributed by atoms with E-state index < -0.39 is 33.7 Å². The first kappa shape index (κ1) is 35.9. The molecule has 1 N–H and O–H groups in total. The van der Waals surface area contributed by atoms with Crippen molar-refractivity contribution >= 4 is 21.6 Å². The number of anilines is 1. The van der Waals surface area contributed by atoms with Gasteiger partial charge in [0, 0.05) is 25.3 Å². The number of rotatable bonds is 11. The third-order valence-electron chi connectivity index (χ3n) is 9.94. The van der Waals surface area contributed by atoms with Gasteiger partial charge < -0.3 is 10.0 Å². The Morgan fingerprint density at radius 3 is 1.79 bits per heavy atom. The van der Waals surface area contributed by atoms with Crippen molar-refractivity contribution in [1.82, 2.24) is 4.31 Å². The third kappa shape index (κ3) is 7.03. The number of halogens is 2. The number of carbonyl (C=O) groups excluding carboxylic acids is 1. The molecule has 0 radical (unpaired) electrons. The smallest absolute Gasteiger partial charge is 0.243 e. The summed E-state index contributed by atoms with van der Waals surface area (Å²) in [5.41, 5.74) is 6.66. The molecule has 3 atom stereocenters. The molecule has 1 aliphatic heterocycles. The van der Waals surface area contributed by atoms with Gasteiger partial charge in [0.15, 0.2) is 0 Å². The summed E-state index contributed by atoms with van der Waals surface area (Å²) < 4.78 is 56.2. The fourth-order valence-electron chi connectivity index (χ4n) is 7.18. The van der Waals surface area contributed by atoms with Crippen molar-refractivity contribution in [1.29, 1.82) is 0 Å². The summed E-state index contributed by atoms with van der Waals surface area (Å²) in [6, 6.07) is 41.7. The van der Waals surface area contributed by atoms with Gasteiger partial charge in [0.2, 0.25) is 15.9 Å². The minimum Gasteiger partial charge on any atom is -0.388 e. The number of benzene rings is 6. The Hall–Kier alpha value is -5.48. The Morgan fingerprint density at radius 1 is 0.679 bits per heavy atom. The molecule has 0 aliphatic carbocycles. The molecule has 7 rings (SSSR count). The molecule has 0 spiro atoms. The lowest BCUT2D eigenvalue weighted by molar-refractivity contribution is -0.131. The largest absolute Gasteiger partial charge is 0.388 e. The van der Waals surface area contributed by atoms with Gasteiger partial charge in [-0.05, 0) is 94.3 Å². The molecule has 9 heteroatoms. The number of aliphatic hydroxyl groups is 1. The number of amides is 1. The maximum Gasteiger partial charge on any atom is 0.243 e. The van der Waals surface area contributed by atoms with E-state index in [0.717, 1.165) is 33.4 Å². The summed E-state index contributed by atoms with van der Waals surface area (Å²) in [6.45, 7) is 0. The second-order valence-corrected chi connectivity index (χ2v) is 15.5. The van der Waals surface area contributed by atoms with E-state index in [4.69, 9.17) is 0 Å². The van der Waals surface area contributed by atoms with Gasteiger partial charge in [-0.25, -0.2) is 21.5 Å². The molecule has 6 nitrogen and oxygen atoms in total. The molecule has 0 saturated carbocycles. The van der Waals surface area contributed by atoms with E-state index in [0.29, 0.717) is 29.7 Å². The van der Waals surface area contributed by atoms with Crippen LogP contribution in [0.5, 0.6) is 0 Å². The third-order valence-corrected chi connectivity index (χ3v) is 11.8. The van der Waals surface area contributed by atoms with E-state index in [1.807, 2.05) is 91.0 Å². The molecule has 0 aromatic heterocycles. The van der Waals surface area contributed by atoms with Crippen LogP contribution in [0.4, 0.5) is 14.5 Å². The van der Waals surface area contributed by atoms with E-state index in [9.17, 15) is 27.1 Å². The molecule has 53 heavy (non-hydrogen) atoms. The van der Waals surface area contributed by atoms with Gasteiger partial charge in [-0.3, -0.25) is 4.79 Å². The number of hydrogen-bond acceptors (Lipinski definition) is 4. The van der Waals surface area contributed by atoms with Gasteiger partial charge in [-0.15, -0.1) is 0 Å².